The second kappa shape index (κ2) is 7.49. The highest BCUT2D eigenvalue weighted by Gasteiger charge is 2.04. The second-order valence-electron chi connectivity index (χ2n) is 6.02. The highest BCUT2D eigenvalue weighted by molar-refractivity contribution is 5.83. The van der Waals surface area contributed by atoms with Crippen LogP contribution in [0.3, 0.4) is 0 Å². The summed E-state index contributed by atoms with van der Waals surface area (Å²) in [5.74, 6) is 0.746. The zero-order chi connectivity index (χ0) is 14.4. The average Bonchev–Trinajstić information content (AvgIpc) is 2.85. The molecular weight excluding hydrogens is 244 g/mol. The molecule has 0 saturated heterocycles. The van der Waals surface area contributed by atoms with Crippen molar-refractivity contribution in [3.63, 3.8) is 0 Å². The lowest BCUT2D eigenvalue weighted by Crippen LogP contribution is -2.20. The van der Waals surface area contributed by atoms with Crippen molar-refractivity contribution >= 4 is 10.9 Å². The number of aromatic nitrogens is 1. The number of para-hydroxylation sites is 1. The van der Waals surface area contributed by atoms with Crippen molar-refractivity contribution in [3.8, 4) is 0 Å². The van der Waals surface area contributed by atoms with Gasteiger partial charge in [-0.2, -0.15) is 0 Å². The van der Waals surface area contributed by atoms with E-state index in [4.69, 9.17) is 0 Å². The van der Waals surface area contributed by atoms with E-state index < -0.39 is 0 Å². The third kappa shape index (κ3) is 3.86. The molecule has 1 aromatic heterocycles. The molecule has 0 aliphatic heterocycles. The van der Waals surface area contributed by atoms with Crippen molar-refractivity contribution in [3.05, 3.63) is 36.0 Å². The summed E-state index contributed by atoms with van der Waals surface area (Å²) in [4.78, 5) is 0. The van der Waals surface area contributed by atoms with Gasteiger partial charge in [-0.25, -0.2) is 0 Å². The molecule has 0 fully saturated rings. The zero-order valence-electron chi connectivity index (χ0n) is 13.2. The molecule has 110 valence electrons. The van der Waals surface area contributed by atoms with E-state index >= 15 is 0 Å². The minimum absolute atomic E-state index is 0.746. The minimum Gasteiger partial charge on any atom is -0.347 e. The number of benzene rings is 1. The van der Waals surface area contributed by atoms with E-state index in [1.165, 1.54) is 29.3 Å². The van der Waals surface area contributed by atoms with Gasteiger partial charge in [0.1, 0.15) is 0 Å². The fourth-order valence-electron chi connectivity index (χ4n) is 2.74. The molecule has 1 aromatic carbocycles. The Labute approximate surface area is 123 Å². The Bertz CT molecular complexity index is 525. The Hall–Kier alpha value is -1.28. The molecule has 0 aliphatic carbocycles. The number of hydrogen-bond acceptors (Lipinski definition) is 1. The van der Waals surface area contributed by atoms with Crippen LogP contribution in [0.5, 0.6) is 0 Å². The summed E-state index contributed by atoms with van der Waals surface area (Å²) in [6, 6.07) is 8.88. The van der Waals surface area contributed by atoms with Crippen molar-refractivity contribution in [1.82, 2.24) is 9.88 Å². The first-order valence-electron chi connectivity index (χ1n) is 7.99. The van der Waals surface area contributed by atoms with E-state index in [0.29, 0.717) is 0 Å². The lowest BCUT2D eigenvalue weighted by atomic mass is 10.1. The molecule has 0 saturated carbocycles. The molecule has 20 heavy (non-hydrogen) atoms. The topological polar surface area (TPSA) is 17.0 Å². The van der Waals surface area contributed by atoms with Crippen LogP contribution in [-0.2, 0) is 13.0 Å². The van der Waals surface area contributed by atoms with Gasteiger partial charge in [-0.15, -0.1) is 0 Å². The summed E-state index contributed by atoms with van der Waals surface area (Å²) in [6.45, 7) is 10.1. The SMILES string of the molecule is CCc1cccc2ccn(CCCCNCC(C)C)c12. The van der Waals surface area contributed by atoms with Gasteiger partial charge in [0.05, 0.1) is 5.52 Å². The summed E-state index contributed by atoms with van der Waals surface area (Å²) in [5.41, 5.74) is 2.90. The van der Waals surface area contributed by atoms with Crippen molar-refractivity contribution in [2.75, 3.05) is 13.1 Å². The molecule has 1 N–H and O–H groups in total. The molecule has 0 bridgehead atoms. The number of hydrogen-bond donors (Lipinski definition) is 1. The van der Waals surface area contributed by atoms with Crippen LogP contribution in [0.15, 0.2) is 30.5 Å². The van der Waals surface area contributed by atoms with Crippen LogP contribution in [-0.4, -0.2) is 17.7 Å². The minimum atomic E-state index is 0.746. The van der Waals surface area contributed by atoms with Gasteiger partial charge >= 0.3 is 0 Å². The van der Waals surface area contributed by atoms with Crippen LogP contribution in [0.1, 0.15) is 39.2 Å². The van der Waals surface area contributed by atoms with E-state index in [1.54, 1.807) is 0 Å². The average molecular weight is 272 g/mol. The fourth-order valence-corrected chi connectivity index (χ4v) is 2.74. The van der Waals surface area contributed by atoms with Crippen molar-refractivity contribution in [2.24, 2.45) is 5.92 Å². The van der Waals surface area contributed by atoms with Gasteiger partial charge in [0.15, 0.2) is 0 Å². The molecule has 0 atom stereocenters. The number of aryl methyl sites for hydroxylation is 2. The van der Waals surface area contributed by atoms with Gasteiger partial charge in [-0.05, 0) is 55.3 Å². The molecular formula is C18H28N2. The van der Waals surface area contributed by atoms with Crippen molar-refractivity contribution in [2.45, 2.75) is 46.6 Å². The van der Waals surface area contributed by atoms with Crippen LogP contribution in [0.2, 0.25) is 0 Å². The highest BCUT2D eigenvalue weighted by atomic mass is 15.0. The summed E-state index contributed by atoms with van der Waals surface area (Å²) in [6.07, 6.45) is 5.84. The zero-order valence-corrected chi connectivity index (χ0v) is 13.2. The molecule has 0 amide bonds. The molecule has 2 heteroatoms. The smallest absolute Gasteiger partial charge is 0.0512 e. The maximum Gasteiger partial charge on any atom is 0.0512 e. The number of rotatable bonds is 8. The third-order valence-corrected chi connectivity index (χ3v) is 3.81. The van der Waals surface area contributed by atoms with Crippen LogP contribution in [0, 0.1) is 5.92 Å². The van der Waals surface area contributed by atoms with Gasteiger partial charge in [0.25, 0.3) is 0 Å². The Morgan fingerprint density at radius 3 is 2.75 bits per heavy atom. The van der Waals surface area contributed by atoms with Gasteiger partial charge in [-0.1, -0.05) is 39.0 Å². The Balaban J connectivity index is 1.87. The molecule has 2 nitrogen and oxygen atoms in total. The normalized spacial score (nSPS) is 11.6. The summed E-state index contributed by atoms with van der Waals surface area (Å²) in [5, 5.41) is 4.89. The van der Waals surface area contributed by atoms with E-state index in [9.17, 15) is 0 Å². The monoisotopic (exact) mass is 272 g/mol. The summed E-state index contributed by atoms with van der Waals surface area (Å²) < 4.78 is 2.43. The number of unbranched alkanes of at least 4 members (excludes halogenated alkanes) is 1. The summed E-state index contributed by atoms with van der Waals surface area (Å²) in [7, 11) is 0. The fraction of sp³-hybridized carbons (Fsp3) is 0.556. The number of nitrogens with zero attached hydrogens (tertiary/aromatic N) is 1. The van der Waals surface area contributed by atoms with Crippen LogP contribution < -0.4 is 5.32 Å². The van der Waals surface area contributed by atoms with Crippen LogP contribution in [0.4, 0.5) is 0 Å². The van der Waals surface area contributed by atoms with Gasteiger partial charge < -0.3 is 9.88 Å². The first kappa shape index (κ1) is 15.1. The first-order valence-corrected chi connectivity index (χ1v) is 7.99. The first-order chi connectivity index (χ1) is 9.72. The van der Waals surface area contributed by atoms with Crippen molar-refractivity contribution in [1.29, 1.82) is 0 Å². The summed E-state index contributed by atoms with van der Waals surface area (Å²) >= 11 is 0. The van der Waals surface area contributed by atoms with E-state index in [0.717, 1.165) is 32.0 Å². The predicted octanol–water partition coefficient (Wildman–Crippen LogP) is 4.23. The Kier molecular flexibility index (Phi) is 5.66. The highest BCUT2D eigenvalue weighted by Crippen LogP contribution is 2.21. The molecule has 0 aliphatic rings. The maximum absolute atomic E-state index is 3.52. The molecule has 0 spiro atoms. The lowest BCUT2D eigenvalue weighted by molar-refractivity contribution is 0.522. The number of nitrogens with one attached hydrogen (secondary N) is 1. The van der Waals surface area contributed by atoms with Crippen molar-refractivity contribution < 1.29 is 0 Å². The van der Waals surface area contributed by atoms with E-state index in [2.05, 4.69) is 61.1 Å². The van der Waals surface area contributed by atoms with Gasteiger partial charge in [-0.3, -0.25) is 0 Å². The third-order valence-electron chi connectivity index (χ3n) is 3.81. The standard InChI is InChI=1S/C18H28N2/c1-4-16-8-7-9-17-10-13-20(18(16)17)12-6-5-11-19-14-15(2)3/h7-10,13,15,19H,4-6,11-12,14H2,1-3H3. The van der Waals surface area contributed by atoms with Crippen LogP contribution in [0.25, 0.3) is 10.9 Å². The Morgan fingerprint density at radius 2 is 2.00 bits per heavy atom. The van der Waals surface area contributed by atoms with Gasteiger partial charge in [0, 0.05) is 12.7 Å². The van der Waals surface area contributed by atoms with E-state index in [-0.39, 0.29) is 0 Å². The van der Waals surface area contributed by atoms with Gasteiger partial charge in [0.2, 0.25) is 0 Å². The quantitative estimate of drug-likeness (QED) is 0.712. The lowest BCUT2D eigenvalue weighted by Gasteiger charge is -2.10. The number of fused-ring (bicyclic) bond motifs is 1. The second-order valence-corrected chi connectivity index (χ2v) is 6.02. The molecule has 2 aromatic rings. The van der Waals surface area contributed by atoms with Crippen LogP contribution >= 0.6 is 0 Å². The maximum atomic E-state index is 3.52. The van der Waals surface area contributed by atoms with E-state index in [1.807, 2.05) is 0 Å². The largest absolute Gasteiger partial charge is 0.347 e. The Morgan fingerprint density at radius 1 is 1.15 bits per heavy atom. The predicted molar refractivity (Wildman–Crippen MR) is 88.3 cm³/mol. The molecule has 0 unspecified atom stereocenters. The molecule has 1 heterocycles. The molecule has 2 rings (SSSR count). The molecule has 0 radical (unpaired) electrons.